The van der Waals surface area contributed by atoms with Crippen molar-refractivity contribution in [3.63, 3.8) is 0 Å². The van der Waals surface area contributed by atoms with E-state index in [-0.39, 0.29) is 25.0 Å². The van der Waals surface area contributed by atoms with Crippen LogP contribution in [0.15, 0.2) is 46.9 Å². The van der Waals surface area contributed by atoms with Gasteiger partial charge in [-0.2, -0.15) is 0 Å². The molecule has 3 rings (SSSR count). The molecule has 22 heavy (non-hydrogen) atoms. The van der Waals surface area contributed by atoms with E-state index in [9.17, 15) is 4.79 Å². The van der Waals surface area contributed by atoms with Crippen LogP contribution in [0, 0.1) is 0 Å². The van der Waals surface area contributed by atoms with Gasteiger partial charge in [0.05, 0.1) is 19.1 Å². The summed E-state index contributed by atoms with van der Waals surface area (Å²) in [4.78, 5) is 13.8. The van der Waals surface area contributed by atoms with Gasteiger partial charge in [-0.25, -0.2) is 0 Å². The Labute approximate surface area is 128 Å². The third-order valence-corrected chi connectivity index (χ3v) is 4.12. The second-order valence-electron chi connectivity index (χ2n) is 5.62. The third-order valence-electron chi connectivity index (χ3n) is 4.12. The Hall–Kier alpha value is -2.33. The maximum Gasteiger partial charge on any atom is 0.230 e. The summed E-state index contributed by atoms with van der Waals surface area (Å²) in [6, 6.07) is 13.8. The van der Waals surface area contributed by atoms with E-state index in [1.807, 2.05) is 37.3 Å². The fourth-order valence-electron chi connectivity index (χ4n) is 2.57. The normalized spacial score (nSPS) is 12.7. The Morgan fingerprint density at radius 1 is 1.23 bits per heavy atom. The molecule has 0 saturated heterocycles. The molecule has 4 heteroatoms. The minimum atomic E-state index is -0.197. The molecule has 2 aromatic carbocycles. The summed E-state index contributed by atoms with van der Waals surface area (Å²) in [7, 11) is 1.70. The zero-order valence-electron chi connectivity index (χ0n) is 12.7. The number of carbonyl (C=O) groups excluding carboxylic acids is 1. The number of aliphatic hydroxyl groups is 1. The van der Waals surface area contributed by atoms with Gasteiger partial charge in [0.2, 0.25) is 5.91 Å². The number of rotatable bonds is 4. The minimum Gasteiger partial charge on any atom is -0.461 e. The van der Waals surface area contributed by atoms with Crippen molar-refractivity contribution in [1.29, 1.82) is 0 Å². The van der Waals surface area contributed by atoms with Crippen molar-refractivity contribution in [2.75, 3.05) is 13.7 Å². The molecule has 1 amide bonds. The molecular weight excluding hydrogens is 278 g/mol. The highest BCUT2D eigenvalue weighted by molar-refractivity contribution is 6.06. The van der Waals surface area contributed by atoms with Crippen LogP contribution in [-0.4, -0.2) is 35.6 Å². The van der Waals surface area contributed by atoms with Crippen LogP contribution in [0.2, 0.25) is 0 Å². The molecule has 1 atom stereocenters. The van der Waals surface area contributed by atoms with Gasteiger partial charge in [-0.1, -0.05) is 30.3 Å². The number of likely N-dealkylation sites (N-methyl/N-ethyl adjacent to an activating group) is 1. The van der Waals surface area contributed by atoms with Gasteiger partial charge in [0, 0.05) is 12.4 Å². The molecule has 0 spiro atoms. The summed E-state index contributed by atoms with van der Waals surface area (Å²) in [6.07, 6.45) is 0.198. The summed E-state index contributed by atoms with van der Waals surface area (Å²) in [6.45, 7) is 1.76. The summed E-state index contributed by atoms with van der Waals surface area (Å²) in [5, 5.41) is 12.4. The number of hydrogen-bond acceptors (Lipinski definition) is 3. The lowest BCUT2D eigenvalue weighted by Crippen LogP contribution is -2.38. The largest absolute Gasteiger partial charge is 0.461 e. The Bertz CT molecular complexity index is 821. The molecule has 0 fully saturated rings. The molecule has 1 aromatic heterocycles. The molecule has 0 aliphatic rings. The van der Waals surface area contributed by atoms with Crippen LogP contribution in [0.4, 0.5) is 0 Å². The average Bonchev–Trinajstić information content (AvgIpc) is 2.96. The van der Waals surface area contributed by atoms with Gasteiger partial charge in [-0.15, -0.1) is 0 Å². The highest BCUT2D eigenvalue weighted by Crippen LogP contribution is 2.28. The predicted octanol–water partition coefficient (Wildman–Crippen LogP) is 2.97. The molecule has 0 bridgehead atoms. The zero-order valence-corrected chi connectivity index (χ0v) is 12.7. The Morgan fingerprint density at radius 2 is 2.00 bits per heavy atom. The van der Waals surface area contributed by atoms with Crippen molar-refractivity contribution < 1.29 is 14.3 Å². The highest BCUT2D eigenvalue weighted by atomic mass is 16.3. The Kier molecular flexibility index (Phi) is 3.86. The summed E-state index contributed by atoms with van der Waals surface area (Å²) in [5.41, 5.74) is 0.791. The number of aliphatic hydroxyl groups excluding tert-OH is 1. The van der Waals surface area contributed by atoms with Crippen molar-refractivity contribution in [2.45, 2.75) is 19.4 Å². The van der Waals surface area contributed by atoms with Crippen LogP contribution in [0.25, 0.3) is 21.7 Å². The van der Waals surface area contributed by atoms with Crippen molar-refractivity contribution in [3.8, 4) is 0 Å². The molecule has 3 aromatic rings. The molecule has 0 radical (unpaired) electrons. The van der Waals surface area contributed by atoms with Crippen LogP contribution in [-0.2, 0) is 11.2 Å². The number of carbonyl (C=O) groups is 1. The maximum atomic E-state index is 12.2. The second-order valence-corrected chi connectivity index (χ2v) is 5.62. The van der Waals surface area contributed by atoms with E-state index >= 15 is 0 Å². The fourth-order valence-corrected chi connectivity index (χ4v) is 2.57. The first-order chi connectivity index (χ1) is 10.6. The first-order valence-electron chi connectivity index (χ1n) is 7.37. The lowest BCUT2D eigenvalue weighted by Gasteiger charge is -2.22. The topological polar surface area (TPSA) is 53.7 Å². The summed E-state index contributed by atoms with van der Waals surface area (Å²) in [5.74, 6) is 0.582. The van der Waals surface area contributed by atoms with Crippen molar-refractivity contribution in [1.82, 2.24) is 4.90 Å². The molecule has 114 valence electrons. The third kappa shape index (κ3) is 2.57. The van der Waals surface area contributed by atoms with Gasteiger partial charge in [0.15, 0.2) is 0 Å². The maximum absolute atomic E-state index is 12.2. The number of nitrogens with zero attached hydrogens (tertiary/aromatic N) is 1. The van der Waals surface area contributed by atoms with E-state index < -0.39 is 0 Å². The van der Waals surface area contributed by atoms with E-state index in [2.05, 4.69) is 12.1 Å². The number of hydrogen-bond donors (Lipinski definition) is 1. The average molecular weight is 297 g/mol. The van der Waals surface area contributed by atoms with Crippen molar-refractivity contribution in [2.24, 2.45) is 0 Å². The van der Waals surface area contributed by atoms with Crippen LogP contribution in [0.5, 0.6) is 0 Å². The minimum absolute atomic E-state index is 0.0486. The fraction of sp³-hybridized carbons (Fsp3) is 0.278. The predicted molar refractivity (Wildman–Crippen MR) is 86.7 cm³/mol. The van der Waals surface area contributed by atoms with Crippen LogP contribution >= 0.6 is 0 Å². The zero-order chi connectivity index (χ0) is 15.7. The smallest absolute Gasteiger partial charge is 0.230 e. The second kappa shape index (κ2) is 5.81. The van der Waals surface area contributed by atoms with Gasteiger partial charge >= 0.3 is 0 Å². The van der Waals surface area contributed by atoms with Gasteiger partial charge in [0.25, 0.3) is 0 Å². The quantitative estimate of drug-likeness (QED) is 0.805. The first kappa shape index (κ1) is 14.6. The molecule has 0 saturated carbocycles. The SMILES string of the molecule is CC(CO)N(C)C(=O)Cc1cc2c(ccc3ccccc32)o1. The van der Waals surface area contributed by atoms with Crippen molar-refractivity contribution >= 4 is 27.6 Å². The van der Waals surface area contributed by atoms with Crippen LogP contribution < -0.4 is 0 Å². The number of benzene rings is 2. The molecular formula is C18H19NO3. The lowest BCUT2D eigenvalue weighted by molar-refractivity contribution is -0.131. The highest BCUT2D eigenvalue weighted by Gasteiger charge is 2.17. The number of furan rings is 1. The molecule has 1 heterocycles. The molecule has 1 N–H and O–H groups in total. The van der Waals surface area contributed by atoms with Gasteiger partial charge in [0.1, 0.15) is 11.3 Å². The standard InChI is InChI=1S/C18H19NO3/c1-12(11-20)19(2)18(21)10-14-9-16-15-6-4-3-5-13(15)7-8-17(16)22-14/h3-9,12,20H,10-11H2,1-2H3. The first-order valence-corrected chi connectivity index (χ1v) is 7.37. The number of amides is 1. The van der Waals surface area contributed by atoms with E-state index in [0.29, 0.717) is 5.76 Å². The summed E-state index contributed by atoms with van der Waals surface area (Å²) < 4.78 is 5.80. The van der Waals surface area contributed by atoms with Gasteiger partial charge < -0.3 is 14.4 Å². The molecule has 1 unspecified atom stereocenters. The van der Waals surface area contributed by atoms with E-state index in [1.165, 1.54) is 0 Å². The van der Waals surface area contributed by atoms with Crippen molar-refractivity contribution in [3.05, 3.63) is 48.2 Å². The molecule has 0 aliphatic carbocycles. The number of fused-ring (bicyclic) bond motifs is 3. The molecule has 4 nitrogen and oxygen atoms in total. The van der Waals surface area contributed by atoms with E-state index in [4.69, 9.17) is 9.52 Å². The lowest BCUT2D eigenvalue weighted by atomic mass is 10.1. The Morgan fingerprint density at radius 3 is 2.77 bits per heavy atom. The summed E-state index contributed by atoms with van der Waals surface area (Å²) >= 11 is 0. The van der Waals surface area contributed by atoms with Gasteiger partial charge in [-0.05, 0) is 29.8 Å². The monoisotopic (exact) mass is 297 g/mol. The van der Waals surface area contributed by atoms with E-state index in [1.54, 1.807) is 11.9 Å². The van der Waals surface area contributed by atoms with Gasteiger partial charge in [-0.3, -0.25) is 4.79 Å². The van der Waals surface area contributed by atoms with Crippen LogP contribution in [0.3, 0.4) is 0 Å². The molecule has 0 aliphatic heterocycles. The Balaban J connectivity index is 1.92. The van der Waals surface area contributed by atoms with Crippen LogP contribution in [0.1, 0.15) is 12.7 Å². The van der Waals surface area contributed by atoms with E-state index in [0.717, 1.165) is 21.7 Å².